The zero-order valence-electron chi connectivity index (χ0n) is 13.6. The molecule has 0 aliphatic carbocycles. The number of para-hydroxylation sites is 1. The Kier molecular flexibility index (Phi) is 5.37. The second-order valence-corrected chi connectivity index (χ2v) is 5.79. The van der Waals surface area contributed by atoms with E-state index in [1.54, 1.807) is 31.2 Å². The van der Waals surface area contributed by atoms with E-state index in [0.717, 1.165) is 5.69 Å². The predicted molar refractivity (Wildman–Crippen MR) is 93.4 cm³/mol. The third-order valence-electron chi connectivity index (χ3n) is 3.66. The third-order valence-corrected chi connectivity index (χ3v) is 3.66. The van der Waals surface area contributed by atoms with Crippen molar-refractivity contribution in [3.05, 3.63) is 59.7 Å². The van der Waals surface area contributed by atoms with Crippen LogP contribution in [-0.2, 0) is 4.79 Å². The first kappa shape index (κ1) is 16.6. The van der Waals surface area contributed by atoms with Crippen molar-refractivity contribution < 1.29 is 4.79 Å². The molecule has 4 heteroatoms. The maximum absolute atomic E-state index is 12.3. The molecule has 4 nitrogen and oxygen atoms in total. The molecular weight excluding hydrogens is 286 g/mol. The summed E-state index contributed by atoms with van der Waals surface area (Å²) in [6.45, 7) is 6.08. The van der Waals surface area contributed by atoms with Gasteiger partial charge in [-0.1, -0.05) is 38.1 Å². The molecule has 0 saturated heterocycles. The zero-order valence-corrected chi connectivity index (χ0v) is 13.6. The van der Waals surface area contributed by atoms with Gasteiger partial charge in [-0.3, -0.25) is 4.79 Å². The van der Waals surface area contributed by atoms with Crippen LogP contribution in [0.3, 0.4) is 0 Å². The van der Waals surface area contributed by atoms with Crippen LogP contribution in [0.5, 0.6) is 0 Å². The van der Waals surface area contributed by atoms with Gasteiger partial charge < -0.3 is 10.6 Å². The molecule has 1 amide bonds. The van der Waals surface area contributed by atoms with E-state index in [2.05, 4.69) is 42.7 Å². The highest BCUT2D eigenvalue weighted by atomic mass is 16.2. The molecule has 118 valence electrons. The van der Waals surface area contributed by atoms with Crippen LogP contribution in [0, 0.1) is 11.3 Å². The average molecular weight is 307 g/mol. The summed E-state index contributed by atoms with van der Waals surface area (Å²) in [7, 11) is 0. The number of nitriles is 1. The Hall–Kier alpha value is -2.80. The van der Waals surface area contributed by atoms with Crippen molar-refractivity contribution >= 4 is 17.3 Å². The SMILES string of the molecule is CC(Nc1ccc(C(C)C)cc1)C(=O)Nc1ccccc1C#N. The van der Waals surface area contributed by atoms with Crippen LogP contribution in [-0.4, -0.2) is 11.9 Å². The normalized spacial score (nSPS) is 11.6. The molecule has 0 aliphatic heterocycles. The quantitative estimate of drug-likeness (QED) is 0.873. The van der Waals surface area contributed by atoms with Gasteiger partial charge in [0.15, 0.2) is 0 Å². The Morgan fingerprint density at radius 3 is 2.30 bits per heavy atom. The number of benzene rings is 2. The highest BCUT2D eigenvalue weighted by molar-refractivity contribution is 5.97. The summed E-state index contributed by atoms with van der Waals surface area (Å²) < 4.78 is 0. The van der Waals surface area contributed by atoms with Gasteiger partial charge in [0.25, 0.3) is 0 Å². The smallest absolute Gasteiger partial charge is 0.246 e. The molecule has 1 atom stereocenters. The number of hydrogen-bond acceptors (Lipinski definition) is 3. The Bertz CT molecular complexity index is 714. The van der Waals surface area contributed by atoms with Crippen molar-refractivity contribution in [2.24, 2.45) is 0 Å². The minimum absolute atomic E-state index is 0.180. The topological polar surface area (TPSA) is 64.9 Å². The highest BCUT2D eigenvalue weighted by Crippen LogP contribution is 2.18. The lowest BCUT2D eigenvalue weighted by molar-refractivity contribution is -0.116. The standard InChI is InChI=1S/C19H21N3O/c1-13(2)15-8-10-17(11-9-15)21-14(3)19(23)22-18-7-5-4-6-16(18)12-20/h4-11,13-14,21H,1-3H3,(H,22,23). The number of nitrogens with one attached hydrogen (secondary N) is 2. The first-order chi connectivity index (χ1) is 11.0. The average Bonchev–Trinajstić information content (AvgIpc) is 2.55. The summed E-state index contributed by atoms with van der Waals surface area (Å²) in [4.78, 5) is 12.3. The van der Waals surface area contributed by atoms with Gasteiger partial charge in [0.1, 0.15) is 12.1 Å². The van der Waals surface area contributed by atoms with Gasteiger partial charge in [-0.25, -0.2) is 0 Å². The zero-order chi connectivity index (χ0) is 16.8. The van der Waals surface area contributed by atoms with Gasteiger partial charge in [0, 0.05) is 5.69 Å². The van der Waals surface area contributed by atoms with Crippen molar-refractivity contribution in [2.45, 2.75) is 32.7 Å². The molecule has 0 radical (unpaired) electrons. The molecule has 2 aromatic carbocycles. The predicted octanol–water partition coefficient (Wildman–Crippen LogP) is 4.12. The molecule has 2 aromatic rings. The summed E-state index contributed by atoms with van der Waals surface area (Å²) >= 11 is 0. The number of amides is 1. The fourth-order valence-electron chi connectivity index (χ4n) is 2.21. The molecule has 0 spiro atoms. The van der Waals surface area contributed by atoms with Crippen LogP contribution in [0.2, 0.25) is 0 Å². The third kappa shape index (κ3) is 4.33. The van der Waals surface area contributed by atoms with E-state index < -0.39 is 6.04 Å². The van der Waals surface area contributed by atoms with Crippen molar-refractivity contribution in [1.82, 2.24) is 0 Å². The molecule has 0 fully saturated rings. The van der Waals surface area contributed by atoms with Gasteiger partial charge >= 0.3 is 0 Å². The van der Waals surface area contributed by atoms with Crippen LogP contribution in [0.1, 0.15) is 37.8 Å². The molecular formula is C19H21N3O. The number of carbonyl (C=O) groups is 1. The minimum Gasteiger partial charge on any atom is -0.374 e. The summed E-state index contributed by atoms with van der Waals surface area (Å²) in [5.74, 6) is 0.299. The Morgan fingerprint density at radius 2 is 1.70 bits per heavy atom. The minimum atomic E-state index is -0.411. The van der Waals surface area contributed by atoms with Crippen LogP contribution in [0.4, 0.5) is 11.4 Å². The number of anilines is 2. The number of rotatable bonds is 5. The van der Waals surface area contributed by atoms with E-state index in [1.807, 2.05) is 12.1 Å². The Balaban J connectivity index is 2.01. The van der Waals surface area contributed by atoms with Gasteiger partial charge in [-0.05, 0) is 42.7 Å². The molecule has 0 saturated carbocycles. The van der Waals surface area contributed by atoms with E-state index in [4.69, 9.17) is 5.26 Å². The molecule has 0 aliphatic rings. The molecule has 1 unspecified atom stereocenters. The summed E-state index contributed by atoms with van der Waals surface area (Å²) in [6.07, 6.45) is 0. The van der Waals surface area contributed by atoms with E-state index >= 15 is 0 Å². The van der Waals surface area contributed by atoms with Gasteiger partial charge in [0.2, 0.25) is 5.91 Å². The molecule has 2 N–H and O–H groups in total. The van der Waals surface area contributed by atoms with Gasteiger partial charge in [-0.2, -0.15) is 5.26 Å². The van der Waals surface area contributed by atoms with Crippen molar-refractivity contribution in [3.8, 4) is 6.07 Å². The first-order valence-corrected chi connectivity index (χ1v) is 7.67. The van der Waals surface area contributed by atoms with Crippen molar-refractivity contribution in [2.75, 3.05) is 10.6 Å². The molecule has 0 bridgehead atoms. The second kappa shape index (κ2) is 7.46. The van der Waals surface area contributed by atoms with Crippen LogP contribution in [0.25, 0.3) is 0 Å². The Labute approximate surface area is 137 Å². The number of carbonyl (C=O) groups excluding carboxylic acids is 1. The highest BCUT2D eigenvalue weighted by Gasteiger charge is 2.14. The fraction of sp³-hybridized carbons (Fsp3) is 0.263. The molecule has 0 aromatic heterocycles. The summed E-state index contributed by atoms with van der Waals surface area (Å²) in [6, 6.07) is 16.7. The van der Waals surface area contributed by atoms with Crippen LogP contribution in [0.15, 0.2) is 48.5 Å². The summed E-state index contributed by atoms with van der Waals surface area (Å²) in [5.41, 5.74) is 3.14. The van der Waals surface area contributed by atoms with Crippen molar-refractivity contribution in [3.63, 3.8) is 0 Å². The lowest BCUT2D eigenvalue weighted by Crippen LogP contribution is -2.32. The van der Waals surface area contributed by atoms with Crippen LogP contribution >= 0.6 is 0 Å². The van der Waals surface area contributed by atoms with Gasteiger partial charge in [0.05, 0.1) is 11.3 Å². The molecule has 23 heavy (non-hydrogen) atoms. The molecule has 2 rings (SSSR count). The fourth-order valence-corrected chi connectivity index (χ4v) is 2.21. The van der Waals surface area contributed by atoms with Gasteiger partial charge in [-0.15, -0.1) is 0 Å². The maximum Gasteiger partial charge on any atom is 0.246 e. The van der Waals surface area contributed by atoms with E-state index in [0.29, 0.717) is 17.2 Å². The lowest BCUT2D eigenvalue weighted by atomic mass is 10.0. The largest absolute Gasteiger partial charge is 0.374 e. The first-order valence-electron chi connectivity index (χ1n) is 7.67. The second-order valence-electron chi connectivity index (χ2n) is 5.79. The number of hydrogen-bond donors (Lipinski definition) is 2. The monoisotopic (exact) mass is 307 g/mol. The summed E-state index contributed by atoms with van der Waals surface area (Å²) in [5, 5.41) is 15.0. The maximum atomic E-state index is 12.3. The van der Waals surface area contributed by atoms with Crippen molar-refractivity contribution in [1.29, 1.82) is 5.26 Å². The van der Waals surface area contributed by atoms with Crippen LogP contribution < -0.4 is 10.6 Å². The lowest BCUT2D eigenvalue weighted by Gasteiger charge is -2.16. The van der Waals surface area contributed by atoms with E-state index in [-0.39, 0.29) is 5.91 Å². The molecule has 0 heterocycles. The van der Waals surface area contributed by atoms with E-state index in [1.165, 1.54) is 5.56 Å². The Morgan fingerprint density at radius 1 is 1.04 bits per heavy atom. The number of nitrogens with zero attached hydrogens (tertiary/aromatic N) is 1. The van der Waals surface area contributed by atoms with E-state index in [9.17, 15) is 4.79 Å².